The fraction of sp³-hybridized carbons (Fsp3) is 0.278. The minimum atomic E-state index is -4.35. The maximum atomic E-state index is 13.8. The normalized spacial score (nSPS) is 18.1. The van der Waals surface area contributed by atoms with Gasteiger partial charge in [0.25, 0.3) is 0 Å². The minimum Gasteiger partial charge on any atom is -0.207 e. The van der Waals surface area contributed by atoms with E-state index in [9.17, 15) is 17.6 Å². The molecule has 1 aliphatic carbocycles. The number of halogens is 4. The Morgan fingerprint density at radius 2 is 1.82 bits per heavy atom. The topological polar surface area (TPSA) is 0 Å². The van der Waals surface area contributed by atoms with Crippen LogP contribution in [0.3, 0.4) is 0 Å². The molecular formula is C18H15F4. The number of benzene rings is 2. The summed E-state index contributed by atoms with van der Waals surface area (Å²) in [5, 5.41) is 0. The third kappa shape index (κ3) is 3.01. The quantitative estimate of drug-likeness (QED) is 0.641. The van der Waals surface area contributed by atoms with Crippen molar-refractivity contribution in [3.8, 4) is 0 Å². The van der Waals surface area contributed by atoms with Crippen molar-refractivity contribution < 1.29 is 17.6 Å². The molecule has 3 rings (SSSR count). The van der Waals surface area contributed by atoms with Crippen LogP contribution < -0.4 is 0 Å². The highest BCUT2D eigenvalue weighted by Gasteiger charge is 2.31. The molecule has 0 N–H and O–H groups in total. The Labute approximate surface area is 126 Å². The average Bonchev–Trinajstić information content (AvgIpc) is 2.48. The van der Waals surface area contributed by atoms with Crippen LogP contribution in [0.4, 0.5) is 17.6 Å². The van der Waals surface area contributed by atoms with Crippen LogP contribution in [0, 0.1) is 12.2 Å². The minimum absolute atomic E-state index is 0.0390. The van der Waals surface area contributed by atoms with Gasteiger partial charge in [-0.05, 0) is 60.4 Å². The fourth-order valence-electron chi connectivity index (χ4n) is 3.06. The van der Waals surface area contributed by atoms with E-state index in [0.717, 1.165) is 30.5 Å². The lowest BCUT2D eigenvalue weighted by Gasteiger charge is -2.26. The Bertz CT molecular complexity index is 673. The third-order valence-electron chi connectivity index (χ3n) is 4.10. The van der Waals surface area contributed by atoms with Gasteiger partial charge in [0.15, 0.2) is 0 Å². The van der Waals surface area contributed by atoms with E-state index in [4.69, 9.17) is 0 Å². The van der Waals surface area contributed by atoms with Gasteiger partial charge >= 0.3 is 6.18 Å². The first-order valence-corrected chi connectivity index (χ1v) is 7.24. The zero-order chi connectivity index (χ0) is 15.7. The van der Waals surface area contributed by atoms with E-state index < -0.39 is 11.7 Å². The first-order chi connectivity index (χ1) is 10.4. The highest BCUT2D eigenvalue weighted by atomic mass is 19.4. The molecule has 4 heteroatoms. The molecule has 1 atom stereocenters. The van der Waals surface area contributed by atoms with Crippen molar-refractivity contribution in [2.75, 3.05) is 0 Å². The van der Waals surface area contributed by atoms with Crippen molar-refractivity contribution in [2.24, 2.45) is 0 Å². The fourth-order valence-corrected chi connectivity index (χ4v) is 3.06. The lowest BCUT2D eigenvalue weighted by molar-refractivity contribution is -0.137. The Morgan fingerprint density at radius 3 is 2.59 bits per heavy atom. The SMILES string of the molecule is Fc1cccc2c1CCC[C@H]2[CH]c1cccc(C(F)(F)F)c1. The van der Waals surface area contributed by atoms with E-state index in [0.29, 0.717) is 17.5 Å². The standard InChI is InChI=1S/C18H15F4/c19-17-9-3-7-15-13(5-2-8-16(15)17)10-12-4-1-6-14(11-12)18(20,21)22/h1,3-4,6-7,9-11,13H,2,5,8H2/t13-/m0/s1. The van der Waals surface area contributed by atoms with Gasteiger partial charge in [0.2, 0.25) is 0 Å². The summed E-state index contributed by atoms with van der Waals surface area (Å²) in [5.41, 5.74) is 1.46. The number of rotatable bonds is 2. The predicted molar refractivity (Wildman–Crippen MR) is 76.9 cm³/mol. The number of fused-ring (bicyclic) bond motifs is 1. The number of hydrogen-bond acceptors (Lipinski definition) is 0. The lowest BCUT2D eigenvalue weighted by atomic mass is 9.79. The van der Waals surface area contributed by atoms with E-state index in [-0.39, 0.29) is 11.7 Å². The zero-order valence-corrected chi connectivity index (χ0v) is 11.8. The van der Waals surface area contributed by atoms with E-state index >= 15 is 0 Å². The summed E-state index contributed by atoms with van der Waals surface area (Å²) in [4.78, 5) is 0. The van der Waals surface area contributed by atoms with Gasteiger partial charge in [0, 0.05) is 0 Å². The summed E-state index contributed by atoms with van der Waals surface area (Å²) in [6.07, 6.45) is -0.178. The molecule has 0 heterocycles. The van der Waals surface area contributed by atoms with Crippen LogP contribution in [0.5, 0.6) is 0 Å². The number of hydrogen-bond donors (Lipinski definition) is 0. The maximum Gasteiger partial charge on any atom is 0.416 e. The highest BCUT2D eigenvalue weighted by Crippen LogP contribution is 2.37. The molecule has 0 fully saturated rings. The van der Waals surface area contributed by atoms with Crippen LogP contribution in [-0.4, -0.2) is 0 Å². The van der Waals surface area contributed by atoms with Gasteiger partial charge in [-0.3, -0.25) is 0 Å². The highest BCUT2D eigenvalue weighted by molar-refractivity contribution is 5.40. The lowest BCUT2D eigenvalue weighted by Crippen LogP contribution is -2.13. The molecule has 0 saturated heterocycles. The van der Waals surface area contributed by atoms with Crippen molar-refractivity contribution in [1.29, 1.82) is 0 Å². The number of alkyl halides is 3. The monoisotopic (exact) mass is 307 g/mol. The van der Waals surface area contributed by atoms with E-state index in [1.54, 1.807) is 12.1 Å². The van der Waals surface area contributed by atoms with Crippen LogP contribution in [-0.2, 0) is 12.6 Å². The molecule has 0 saturated carbocycles. The Balaban J connectivity index is 1.88. The second kappa shape index (κ2) is 5.75. The van der Waals surface area contributed by atoms with Crippen molar-refractivity contribution in [2.45, 2.75) is 31.4 Å². The largest absolute Gasteiger partial charge is 0.416 e. The summed E-state index contributed by atoms with van der Waals surface area (Å²) in [7, 11) is 0. The van der Waals surface area contributed by atoms with E-state index in [1.165, 1.54) is 12.1 Å². The molecule has 0 aliphatic heterocycles. The van der Waals surface area contributed by atoms with Crippen LogP contribution >= 0.6 is 0 Å². The molecule has 0 amide bonds. The first kappa shape index (κ1) is 15.1. The molecule has 1 radical (unpaired) electrons. The first-order valence-electron chi connectivity index (χ1n) is 7.24. The zero-order valence-electron chi connectivity index (χ0n) is 11.8. The summed E-state index contributed by atoms with van der Waals surface area (Å²) in [5.74, 6) is -0.262. The second-order valence-electron chi connectivity index (χ2n) is 5.60. The summed E-state index contributed by atoms with van der Waals surface area (Å²) in [6.45, 7) is 0. The van der Waals surface area contributed by atoms with Crippen molar-refractivity contribution in [1.82, 2.24) is 0 Å². The van der Waals surface area contributed by atoms with Crippen molar-refractivity contribution in [3.05, 3.63) is 77.0 Å². The molecule has 0 nitrogen and oxygen atoms in total. The predicted octanol–water partition coefficient (Wildman–Crippen LogP) is 5.52. The van der Waals surface area contributed by atoms with E-state index in [1.807, 2.05) is 12.5 Å². The van der Waals surface area contributed by atoms with Crippen LogP contribution in [0.25, 0.3) is 0 Å². The second-order valence-corrected chi connectivity index (χ2v) is 5.60. The Morgan fingerprint density at radius 1 is 1.05 bits per heavy atom. The molecule has 1 aliphatic rings. The van der Waals surface area contributed by atoms with Gasteiger partial charge < -0.3 is 0 Å². The maximum absolute atomic E-state index is 13.8. The Hall–Kier alpha value is -1.84. The van der Waals surface area contributed by atoms with E-state index in [2.05, 4.69) is 0 Å². The molecule has 0 bridgehead atoms. The summed E-state index contributed by atoms with van der Waals surface area (Å²) >= 11 is 0. The summed E-state index contributed by atoms with van der Waals surface area (Å²) < 4.78 is 52.2. The van der Waals surface area contributed by atoms with Gasteiger partial charge in [-0.15, -0.1) is 0 Å². The average molecular weight is 307 g/mol. The van der Waals surface area contributed by atoms with Crippen LogP contribution in [0.15, 0.2) is 42.5 Å². The molecule has 115 valence electrons. The van der Waals surface area contributed by atoms with Crippen LogP contribution in [0.2, 0.25) is 0 Å². The summed E-state index contributed by atoms with van der Waals surface area (Å²) in [6, 6.07) is 10.2. The van der Waals surface area contributed by atoms with Gasteiger partial charge in [-0.25, -0.2) is 4.39 Å². The van der Waals surface area contributed by atoms with Gasteiger partial charge in [0.05, 0.1) is 5.56 Å². The molecule has 0 spiro atoms. The van der Waals surface area contributed by atoms with Gasteiger partial charge in [0.1, 0.15) is 5.82 Å². The third-order valence-corrected chi connectivity index (χ3v) is 4.10. The Kier molecular flexibility index (Phi) is 3.94. The van der Waals surface area contributed by atoms with Gasteiger partial charge in [-0.1, -0.05) is 30.3 Å². The molecule has 0 unspecified atom stereocenters. The molecule has 22 heavy (non-hydrogen) atoms. The van der Waals surface area contributed by atoms with Crippen molar-refractivity contribution in [3.63, 3.8) is 0 Å². The molecule has 0 aromatic heterocycles. The van der Waals surface area contributed by atoms with Crippen molar-refractivity contribution >= 4 is 0 Å². The van der Waals surface area contributed by atoms with Gasteiger partial charge in [-0.2, -0.15) is 13.2 Å². The molecule has 2 aromatic rings. The van der Waals surface area contributed by atoms with Crippen LogP contribution in [0.1, 0.15) is 41.0 Å². The molecule has 2 aromatic carbocycles. The smallest absolute Gasteiger partial charge is 0.207 e. The molecular weight excluding hydrogens is 292 g/mol.